The molecule has 33 heavy (non-hydrogen) atoms. The Balaban J connectivity index is 1.17. The molecule has 10 nitrogen and oxygen atoms in total. The monoisotopic (exact) mass is 479 g/mol. The number of ether oxygens (including phenoxy) is 1. The molecule has 1 aliphatic rings. The Hall–Kier alpha value is -3.55. The Morgan fingerprint density at radius 2 is 2.03 bits per heavy atom. The zero-order valence-corrected chi connectivity index (χ0v) is 17.7. The summed E-state index contributed by atoms with van der Waals surface area (Å²) in [7, 11) is 0. The van der Waals surface area contributed by atoms with Crippen molar-refractivity contribution in [1.29, 1.82) is 0 Å². The highest BCUT2D eigenvalue weighted by Crippen LogP contribution is 2.29. The lowest BCUT2D eigenvalue weighted by Gasteiger charge is -2.31. The third-order valence-electron chi connectivity index (χ3n) is 5.20. The largest absolute Gasteiger partial charge is 0.455 e. The van der Waals surface area contributed by atoms with Crippen LogP contribution >= 0.6 is 11.3 Å². The predicted molar refractivity (Wildman–Crippen MR) is 108 cm³/mol. The lowest BCUT2D eigenvalue weighted by molar-refractivity contribution is -0.151. The van der Waals surface area contributed by atoms with Gasteiger partial charge in [0, 0.05) is 13.1 Å². The number of esters is 1. The number of fused-ring (bicyclic) bond motifs is 1. The van der Waals surface area contributed by atoms with Gasteiger partial charge in [0.2, 0.25) is 5.82 Å². The normalized spacial score (nSPS) is 15.3. The van der Waals surface area contributed by atoms with E-state index in [0.717, 1.165) is 4.88 Å². The molecular formula is C19H16F3N7O3S. The van der Waals surface area contributed by atoms with E-state index in [0.29, 0.717) is 42.1 Å². The summed E-state index contributed by atoms with van der Waals surface area (Å²) in [6, 6.07) is 6.75. The molecule has 0 amide bonds. The molecule has 0 radical (unpaired) electrons. The van der Waals surface area contributed by atoms with Gasteiger partial charge in [0.25, 0.3) is 11.7 Å². The fourth-order valence-corrected chi connectivity index (χ4v) is 4.19. The second-order valence-corrected chi connectivity index (χ2v) is 8.29. The number of hydrogen-bond acceptors (Lipinski definition) is 10. The second kappa shape index (κ2) is 8.42. The topological polar surface area (TPSA) is 112 Å². The van der Waals surface area contributed by atoms with Crippen molar-refractivity contribution < 1.29 is 27.2 Å². The Kier molecular flexibility index (Phi) is 5.44. The summed E-state index contributed by atoms with van der Waals surface area (Å²) < 4.78 is 50.4. The maximum absolute atomic E-state index is 13.1. The lowest BCUT2D eigenvalue weighted by atomic mass is 9.97. The van der Waals surface area contributed by atoms with E-state index in [9.17, 15) is 18.0 Å². The number of nitrogens with zero attached hydrogens (tertiary/aromatic N) is 7. The molecule has 5 heterocycles. The van der Waals surface area contributed by atoms with Gasteiger partial charge < -0.3 is 14.2 Å². The molecular weight excluding hydrogens is 463 g/mol. The minimum absolute atomic E-state index is 0.00722. The standard InChI is InChI=1S/C19H16F3N7O3S/c20-19(21,22)18-25-24-13-3-4-14(26-29(13)18)28-7-5-11(6-8-28)17(30)31-10-15-23-16(27-32-15)12-2-1-9-33-12/h1-4,9,11H,5-8,10H2. The molecule has 1 fully saturated rings. The van der Waals surface area contributed by atoms with Gasteiger partial charge in [0.1, 0.15) is 5.82 Å². The summed E-state index contributed by atoms with van der Waals surface area (Å²) in [5, 5.41) is 16.5. The molecule has 0 atom stereocenters. The first-order valence-electron chi connectivity index (χ1n) is 9.96. The smallest absolute Gasteiger partial charge is 0.453 e. The van der Waals surface area contributed by atoms with Crippen LogP contribution in [0.2, 0.25) is 0 Å². The third-order valence-corrected chi connectivity index (χ3v) is 6.07. The van der Waals surface area contributed by atoms with Crippen LogP contribution in [-0.4, -0.2) is 49.0 Å². The second-order valence-electron chi connectivity index (χ2n) is 7.34. The van der Waals surface area contributed by atoms with Crippen molar-refractivity contribution in [2.24, 2.45) is 5.92 Å². The average molecular weight is 479 g/mol. The van der Waals surface area contributed by atoms with E-state index in [1.54, 1.807) is 6.07 Å². The van der Waals surface area contributed by atoms with Crippen LogP contribution in [0.15, 0.2) is 34.2 Å². The maximum Gasteiger partial charge on any atom is 0.453 e. The van der Waals surface area contributed by atoms with E-state index in [2.05, 4.69) is 25.4 Å². The van der Waals surface area contributed by atoms with E-state index in [1.807, 2.05) is 22.4 Å². The fraction of sp³-hybridized carbons (Fsp3) is 0.368. The minimum atomic E-state index is -4.66. The van der Waals surface area contributed by atoms with Crippen LogP contribution < -0.4 is 4.90 Å². The van der Waals surface area contributed by atoms with Crippen LogP contribution in [0, 0.1) is 5.92 Å². The number of thiophene rings is 1. The van der Waals surface area contributed by atoms with Crippen molar-refractivity contribution in [3.05, 3.63) is 41.4 Å². The zero-order chi connectivity index (χ0) is 23.0. The number of halogens is 3. The molecule has 0 unspecified atom stereocenters. The van der Waals surface area contributed by atoms with Crippen molar-refractivity contribution in [3.63, 3.8) is 0 Å². The summed E-state index contributed by atoms with van der Waals surface area (Å²) in [6.07, 6.45) is -3.72. The van der Waals surface area contributed by atoms with E-state index in [1.165, 1.54) is 17.4 Å². The predicted octanol–water partition coefficient (Wildman–Crippen LogP) is 3.21. The number of carbonyl (C=O) groups excluding carboxylic acids is 1. The fourth-order valence-electron chi connectivity index (χ4n) is 3.54. The van der Waals surface area contributed by atoms with E-state index < -0.39 is 12.0 Å². The average Bonchev–Trinajstić information content (AvgIpc) is 3.57. The summed E-state index contributed by atoms with van der Waals surface area (Å²) in [6.45, 7) is 0.749. The van der Waals surface area contributed by atoms with Gasteiger partial charge in [0.15, 0.2) is 12.3 Å². The van der Waals surface area contributed by atoms with Gasteiger partial charge in [-0.05, 0) is 36.4 Å². The number of carbonyl (C=O) groups is 1. The van der Waals surface area contributed by atoms with Crippen molar-refractivity contribution in [2.75, 3.05) is 18.0 Å². The van der Waals surface area contributed by atoms with Crippen LogP contribution in [0.3, 0.4) is 0 Å². The van der Waals surface area contributed by atoms with E-state index in [-0.39, 0.29) is 30.0 Å². The number of anilines is 1. The van der Waals surface area contributed by atoms with Crippen molar-refractivity contribution in [3.8, 4) is 10.7 Å². The zero-order valence-electron chi connectivity index (χ0n) is 16.9. The molecule has 0 saturated carbocycles. The van der Waals surface area contributed by atoms with Gasteiger partial charge in [-0.15, -0.1) is 26.6 Å². The van der Waals surface area contributed by atoms with Crippen molar-refractivity contribution in [2.45, 2.75) is 25.6 Å². The van der Waals surface area contributed by atoms with Crippen LogP contribution in [0.5, 0.6) is 0 Å². The Bertz CT molecular complexity index is 1260. The van der Waals surface area contributed by atoms with Gasteiger partial charge >= 0.3 is 12.1 Å². The molecule has 0 aliphatic carbocycles. The minimum Gasteiger partial charge on any atom is -0.455 e. The third kappa shape index (κ3) is 4.37. The Labute approximate surface area is 188 Å². The van der Waals surface area contributed by atoms with Gasteiger partial charge in [-0.2, -0.15) is 22.7 Å². The molecule has 5 rings (SSSR count). The van der Waals surface area contributed by atoms with Gasteiger partial charge in [0.05, 0.1) is 10.8 Å². The number of hydrogen-bond donors (Lipinski definition) is 0. The van der Waals surface area contributed by atoms with Crippen LogP contribution in [0.4, 0.5) is 19.0 Å². The summed E-state index contributed by atoms with van der Waals surface area (Å²) >= 11 is 1.47. The van der Waals surface area contributed by atoms with E-state index >= 15 is 0 Å². The van der Waals surface area contributed by atoms with Gasteiger partial charge in [-0.1, -0.05) is 11.2 Å². The number of alkyl halides is 3. The molecule has 1 aliphatic heterocycles. The van der Waals surface area contributed by atoms with Gasteiger partial charge in [-0.25, -0.2) is 0 Å². The highest BCUT2D eigenvalue weighted by atomic mass is 32.1. The highest BCUT2D eigenvalue weighted by molar-refractivity contribution is 7.13. The molecule has 4 aromatic rings. The molecule has 0 spiro atoms. The maximum atomic E-state index is 13.1. The molecule has 172 valence electrons. The van der Waals surface area contributed by atoms with Crippen LogP contribution in [0.25, 0.3) is 16.3 Å². The van der Waals surface area contributed by atoms with Gasteiger partial charge in [-0.3, -0.25) is 4.79 Å². The SMILES string of the molecule is O=C(OCc1nc(-c2cccs2)no1)C1CCN(c2ccc3nnc(C(F)(F)F)n3n2)CC1. The van der Waals surface area contributed by atoms with Crippen molar-refractivity contribution >= 4 is 28.8 Å². The Morgan fingerprint density at radius 3 is 2.76 bits per heavy atom. The summed E-state index contributed by atoms with van der Waals surface area (Å²) in [4.78, 5) is 19.3. The summed E-state index contributed by atoms with van der Waals surface area (Å²) in [5.41, 5.74) is 0.00722. The molecule has 4 aromatic heterocycles. The molecule has 1 saturated heterocycles. The molecule has 0 aromatic carbocycles. The van der Waals surface area contributed by atoms with E-state index in [4.69, 9.17) is 9.26 Å². The highest BCUT2D eigenvalue weighted by Gasteiger charge is 2.38. The number of aromatic nitrogens is 6. The van der Waals surface area contributed by atoms with Crippen LogP contribution in [0.1, 0.15) is 24.6 Å². The molecule has 14 heteroatoms. The van der Waals surface area contributed by atoms with Crippen LogP contribution in [-0.2, 0) is 22.3 Å². The first-order valence-corrected chi connectivity index (χ1v) is 10.8. The Morgan fingerprint density at radius 1 is 1.21 bits per heavy atom. The molecule has 0 bridgehead atoms. The first kappa shape index (κ1) is 21.3. The first-order chi connectivity index (χ1) is 15.9. The van der Waals surface area contributed by atoms with Crippen molar-refractivity contribution in [1.82, 2.24) is 30.0 Å². The molecule has 0 N–H and O–H groups in total. The number of piperidine rings is 1. The quantitative estimate of drug-likeness (QED) is 0.398. The number of rotatable bonds is 5. The summed E-state index contributed by atoms with van der Waals surface area (Å²) in [5.74, 6) is -0.906. The lowest BCUT2D eigenvalue weighted by Crippen LogP contribution is -2.37.